The molecule has 146 valence electrons. The van der Waals surface area contributed by atoms with Gasteiger partial charge in [-0.2, -0.15) is 0 Å². The lowest BCUT2D eigenvalue weighted by Gasteiger charge is -2.30. The first-order valence-electron chi connectivity index (χ1n) is 8.57. The van der Waals surface area contributed by atoms with E-state index in [2.05, 4.69) is 15.6 Å². The number of benzene rings is 1. The molecule has 3 rings (SSSR count). The van der Waals surface area contributed by atoms with Crippen LogP contribution in [0.2, 0.25) is 5.02 Å². The van der Waals surface area contributed by atoms with Gasteiger partial charge in [-0.05, 0) is 62.4 Å². The zero-order valence-electron chi connectivity index (χ0n) is 14.8. The summed E-state index contributed by atoms with van der Waals surface area (Å²) in [5.41, 5.74) is 0.893. The van der Waals surface area contributed by atoms with Gasteiger partial charge in [-0.3, -0.25) is 4.79 Å². The summed E-state index contributed by atoms with van der Waals surface area (Å²) in [5, 5.41) is 6.03. The largest absolute Gasteiger partial charge is 0.365 e. The van der Waals surface area contributed by atoms with Crippen LogP contribution in [0.15, 0.2) is 30.5 Å². The van der Waals surface area contributed by atoms with Crippen LogP contribution in [0.3, 0.4) is 0 Å². The Morgan fingerprint density at radius 2 is 1.81 bits per heavy atom. The van der Waals surface area contributed by atoms with Gasteiger partial charge in [0.15, 0.2) is 11.6 Å². The molecular formula is C19H21Cl2F2N3O. The van der Waals surface area contributed by atoms with E-state index in [-0.39, 0.29) is 47.1 Å². The number of nitrogens with one attached hydrogen (secondary N) is 2. The first-order valence-corrected chi connectivity index (χ1v) is 8.95. The maximum absolute atomic E-state index is 14.0. The minimum absolute atomic E-state index is 0. The number of amides is 1. The van der Waals surface area contributed by atoms with E-state index >= 15 is 0 Å². The molecule has 0 radical (unpaired) electrons. The van der Waals surface area contributed by atoms with E-state index in [0.717, 1.165) is 25.7 Å². The second-order valence-corrected chi connectivity index (χ2v) is 6.99. The first-order chi connectivity index (χ1) is 12.4. The average molecular weight is 416 g/mol. The van der Waals surface area contributed by atoms with Crippen molar-refractivity contribution in [1.82, 2.24) is 10.3 Å². The standard InChI is InChI=1S/C19H20ClF2N3O.ClH/c1-11-8-9-23-18(17(11)22)24-13-3-5-14(6-4-13)25-19(26)12-2-7-16(21)15(20)10-12;/h2,7-10,13-14H,3-6H2,1H3,(H,23,24)(H,25,26);1H/t13-,14+;. The van der Waals surface area contributed by atoms with Crippen molar-refractivity contribution in [2.24, 2.45) is 0 Å². The van der Waals surface area contributed by atoms with Crippen molar-refractivity contribution in [3.8, 4) is 0 Å². The molecule has 0 bridgehead atoms. The Kier molecular flexibility index (Phi) is 7.39. The minimum Gasteiger partial charge on any atom is -0.365 e. The second kappa shape index (κ2) is 9.33. The summed E-state index contributed by atoms with van der Waals surface area (Å²) in [5.74, 6) is -0.865. The molecule has 0 aliphatic heterocycles. The number of rotatable bonds is 4. The highest BCUT2D eigenvalue weighted by Gasteiger charge is 2.24. The van der Waals surface area contributed by atoms with Crippen molar-refractivity contribution in [1.29, 1.82) is 0 Å². The molecule has 0 saturated heterocycles. The summed E-state index contributed by atoms with van der Waals surface area (Å²) < 4.78 is 27.2. The molecule has 0 atom stereocenters. The van der Waals surface area contributed by atoms with E-state index in [1.807, 2.05) is 0 Å². The monoisotopic (exact) mass is 415 g/mol. The Morgan fingerprint density at radius 1 is 1.15 bits per heavy atom. The number of carbonyl (C=O) groups excluding carboxylic acids is 1. The lowest BCUT2D eigenvalue weighted by Crippen LogP contribution is -2.40. The number of carbonyl (C=O) groups is 1. The minimum atomic E-state index is -0.549. The Labute approximate surface area is 168 Å². The van der Waals surface area contributed by atoms with E-state index in [1.54, 1.807) is 19.2 Å². The third-order valence-electron chi connectivity index (χ3n) is 4.67. The van der Waals surface area contributed by atoms with E-state index in [9.17, 15) is 13.6 Å². The summed E-state index contributed by atoms with van der Waals surface area (Å²) in [6.45, 7) is 1.70. The molecule has 8 heteroatoms. The number of anilines is 1. The van der Waals surface area contributed by atoms with Crippen molar-refractivity contribution in [2.75, 3.05) is 5.32 Å². The molecule has 1 amide bonds. The fourth-order valence-electron chi connectivity index (χ4n) is 3.12. The number of halogens is 4. The van der Waals surface area contributed by atoms with Crippen LogP contribution < -0.4 is 10.6 Å². The fourth-order valence-corrected chi connectivity index (χ4v) is 3.30. The average Bonchev–Trinajstić information content (AvgIpc) is 2.63. The van der Waals surface area contributed by atoms with Gasteiger partial charge in [0.25, 0.3) is 5.91 Å². The number of nitrogens with zero attached hydrogens (tertiary/aromatic N) is 1. The van der Waals surface area contributed by atoms with Crippen LogP contribution in [-0.4, -0.2) is 23.0 Å². The van der Waals surface area contributed by atoms with Crippen LogP contribution in [0.5, 0.6) is 0 Å². The Bertz CT molecular complexity index is 812. The topological polar surface area (TPSA) is 54.0 Å². The Morgan fingerprint density at radius 3 is 2.48 bits per heavy atom. The quantitative estimate of drug-likeness (QED) is 0.746. The maximum Gasteiger partial charge on any atom is 0.251 e. The van der Waals surface area contributed by atoms with Crippen LogP contribution in [0.1, 0.15) is 41.6 Å². The highest BCUT2D eigenvalue weighted by molar-refractivity contribution is 6.31. The molecule has 1 aliphatic carbocycles. The van der Waals surface area contributed by atoms with E-state index in [1.165, 1.54) is 18.2 Å². The predicted octanol–water partition coefficient (Wildman–Crippen LogP) is 4.90. The Balaban J connectivity index is 0.00000261. The van der Waals surface area contributed by atoms with Crippen LogP contribution in [0, 0.1) is 18.6 Å². The zero-order valence-corrected chi connectivity index (χ0v) is 16.3. The number of pyridine rings is 1. The third-order valence-corrected chi connectivity index (χ3v) is 4.96. The molecule has 0 unspecified atom stereocenters. The van der Waals surface area contributed by atoms with Gasteiger partial charge < -0.3 is 10.6 Å². The molecule has 1 fully saturated rings. The van der Waals surface area contributed by atoms with Crippen molar-refractivity contribution in [2.45, 2.75) is 44.7 Å². The van der Waals surface area contributed by atoms with Gasteiger partial charge in [0.1, 0.15) is 5.82 Å². The number of hydrogen-bond donors (Lipinski definition) is 2. The van der Waals surface area contributed by atoms with Crippen molar-refractivity contribution in [3.63, 3.8) is 0 Å². The van der Waals surface area contributed by atoms with Gasteiger partial charge in [0.2, 0.25) is 0 Å². The second-order valence-electron chi connectivity index (χ2n) is 6.59. The SMILES string of the molecule is Cc1ccnc(N[C@H]2CC[C@@H](NC(=O)c3ccc(F)c(Cl)c3)CC2)c1F.Cl. The molecule has 1 aromatic carbocycles. The summed E-state index contributed by atoms with van der Waals surface area (Å²) in [6.07, 6.45) is 4.71. The fraction of sp³-hybridized carbons (Fsp3) is 0.368. The van der Waals surface area contributed by atoms with Gasteiger partial charge in [0.05, 0.1) is 5.02 Å². The Hall–Kier alpha value is -1.92. The molecule has 1 aliphatic rings. The molecule has 0 spiro atoms. The maximum atomic E-state index is 14.0. The van der Waals surface area contributed by atoms with Gasteiger partial charge in [-0.1, -0.05) is 11.6 Å². The molecule has 27 heavy (non-hydrogen) atoms. The van der Waals surface area contributed by atoms with Gasteiger partial charge in [-0.15, -0.1) is 12.4 Å². The third kappa shape index (κ3) is 5.30. The van der Waals surface area contributed by atoms with Crippen molar-refractivity contribution < 1.29 is 13.6 Å². The van der Waals surface area contributed by atoms with E-state index in [0.29, 0.717) is 11.1 Å². The molecule has 2 N–H and O–H groups in total. The van der Waals surface area contributed by atoms with Crippen molar-refractivity contribution >= 4 is 35.7 Å². The predicted molar refractivity (Wildman–Crippen MR) is 105 cm³/mol. The number of hydrogen-bond acceptors (Lipinski definition) is 3. The highest BCUT2D eigenvalue weighted by atomic mass is 35.5. The van der Waals surface area contributed by atoms with Crippen LogP contribution in [-0.2, 0) is 0 Å². The van der Waals surface area contributed by atoms with Gasteiger partial charge in [0, 0.05) is 23.8 Å². The molecule has 2 aromatic rings. The van der Waals surface area contributed by atoms with Crippen molar-refractivity contribution in [3.05, 3.63) is 58.2 Å². The van der Waals surface area contributed by atoms with Gasteiger partial charge in [-0.25, -0.2) is 13.8 Å². The molecule has 1 heterocycles. The summed E-state index contributed by atoms with van der Waals surface area (Å²) in [6, 6.07) is 5.70. The molecule has 4 nitrogen and oxygen atoms in total. The molecule has 1 saturated carbocycles. The van der Waals surface area contributed by atoms with Gasteiger partial charge >= 0.3 is 0 Å². The molecular weight excluding hydrogens is 395 g/mol. The summed E-state index contributed by atoms with van der Waals surface area (Å²) in [7, 11) is 0. The summed E-state index contributed by atoms with van der Waals surface area (Å²) >= 11 is 5.72. The lowest BCUT2D eigenvalue weighted by atomic mass is 9.91. The van der Waals surface area contributed by atoms with Crippen LogP contribution in [0.4, 0.5) is 14.6 Å². The zero-order chi connectivity index (χ0) is 18.7. The lowest BCUT2D eigenvalue weighted by molar-refractivity contribution is 0.0926. The van der Waals surface area contributed by atoms with Crippen LogP contribution >= 0.6 is 24.0 Å². The molecule has 1 aromatic heterocycles. The number of aromatic nitrogens is 1. The smallest absolute Gasteiger partial charge is 0.251 e. The van der Waals surface area contributed by atoms with E-state index < -0.39 is 5.82 Å². The van der Waals surface area contributed by atoms with Crippen LogP contribution in [0.25, 0.3) is 0 Å². The highest BCUT2D eigenvalue weighted by Crippen LogP contribution is 2.24. The first kappa shape index (κ1) is 21.4. The normalized spacial score (nSPS) is 19.1. The summed E-state index contributed by atoms with van der Waals surface area (Å²) in [4.78, 5) is 16.3. The van der Waals surface area contributed by atoms with E-state index in [4.69, 9.17) is 11.6 Å². The number of aryl methyl sites for hydroxylation is 1.